The molecule has 4 rings (SSSR count). The van der Waals surface area contributed by atoms with Crippen molar-refractivity contribution in [2.75, 3.05) is 14.2 Å². The quantitative estimate of drug-likeness (QED) is 0.340. The molecule has 0 atom stereocenters. The number of nitrogens with zero attached hydrogens (tertiary/aromatic N) is 2. The topological polar surface area (TPSA) is 36.3 Å². The average Bonchev–Trinajstić information content (AvgIpc) is 3.11. The summed E-state index contributed by atoms with van der Waals surface area (Å²) >= 11 is 3.73. The van der Waals surface area contributed by atoms with E-state index >= 15 is 0 Å². The lowest BCUT2D eigenvalue weighted by Crippen LogP contribution is -2.03. The van der Waals surface area contributed by atoms with Gasteiger partial charge in [-0.15, -0.1) is 0 Å². The van der Waals surface area contributed by atoms with Crippen LogP contribution in [0.2, 0.25) is 0 Å². The molecule has 4 nitrogen and oxygen atoms in total. The molecule has 0 aliphatic carbocycles. The van der Waals surface area contributed by atoms with Gasteiger partial charge in [0.05, 0.1) is 20.8 Å². The summed E-state index contributed by atoms with van der Waals surface area (Å²) in [5.41, 5.74) is 3.66. The van der Waals surface area contributed by atoms with Crippen molar-refractivity contribution >= 4 is 15.9 Å². The van der Waals surface area contributed by atoms with Crippen LogP contribution in [0.5, 0.6) is 11.5 Å². The van der Waals surface area contributed by atoms with Crippen molar-refractivity contribution in [3.05, 3.63) is 88.8 Å². The van der Waals surface area contributed by atoms with Gasteiger partial charge in [0.25, 0.3) is 0 Å². The second-order valence-electron chi connectivity index (χ2n) is 6.74. The second-order valence-corrected chi connectivity index (χ2v) is 7.50. The Morgan fingerprint density at radius 2 is 1.33 bits per heavy atom. The van der Waals surface area contributed by atoms with Crippen molar-refractivity contribution in [3.8, 4) is 34.1 Å². The van der Waals surface area contributed by atoms with Crippen LogP contribution in [0.3, 0.4) is 0 Å². The first kappa shape index (κ1) is 20.2. The lowest BCUT2D eigenvalue weighted by molar-refractivity contribution is 0.414. The van der Waals surface area contributed by atoms with Crippen molar-refractivity contribution in [1.82, 2.24) is 9.55 Å². The van der Waals surface area contributed by atoms with E-state index in [9.17, 15) is 4.39 Å². The monoisotopic (exact) mass is 466 g/mol. The predicted molar refractivity (Wildman–Crippen MR) is 119 cm³/mol. The maximum atomic E-state index is 13.4. The fourth-order valence-corrected chi connectivity index (χ4v) is 3.85. The van der Waals surface area contributed by atoms with Gasteiger partial charge in [-0.1, -0.05) is 12.1 Å². The molecule has 0 saturated heterocycles. The van der Waals surface area contributed by atoms with Gasteiger partial charge in [-0.3, -0.25) is 0 Å². The predicted octanol–water partition coefficient (Wildman–Crippen LogP) is 6.18. The van der Waals surface area contributed by atoms with E-state index in [1.54, 1.807) is 26.4 Å². The van der Waals surface area contributed by atoms with Gasteiger partial charge in [-0.25, -0.2) is 9.37 Å². The summed E-state index contributed by atoms with van der Waals surface area (Å²) in [6, 6.07) is 22.1. The van der Waals surface area contributed by atoms with Crippen LogP contribution in [0, 0.1) is 5.82 Å². The Bertz CT molecular complexity index is 1140. The molecule has 152 valence electrons. The SMILES string of the molecule is COc1ccc(Cn2c(-c3ccc(OC)cc3)nc(-c3ccc(F)cc3)c2Br)cc1. The summed E-state index contributed by atoms with van der Waals surface area (Å²) in [6.07, 6.45) is 0. The third kappa shape index (κ3) is 4.09. The van der Waals surface area contributed by atoms with E-state index in [1.807, 2.05) is 48.5 Å². The number of imidazole rings is 1. The van der Waals surface area contributed by atoms with Crippen LogP contribution in [0.4, 0.5) is 4.39 Å². The van der Waals surface area contributed by atoms with Crippen molar-refractivity contribution < 1.29 is 13.9 Å². The number of halogens is 2. The van der Waals surface area contributed by atoms with Crippen LogP contribution in [0.1, 0.15) is 5.56 Å². The third-order valence-corrected chi connectivity index (χ3v) is 5.68. The summed E-state index contributed by atoms with van der Waals surface area (Å²) in [5.74, 6) is 2.12. The van der Waals surface area contributed by atoms with Crippen LogP contribution < -0.4 is 9.47 Å². The molecule has 0 aliphatic heterocycles. The summed E-state index contributed by atoms with van der Waals surface area (Å²) in [6.45, 7) is 0.611. The fraction of sp³-hybridized carbons (Fsp3) is 0.125. The van der Waals surface area contributed by atoms with Gasteiger partial charge in [-0.2, -0.15) is 0 Å². The van der Waals surface area contributed by atoms with E-state index in [0.29, 0.717) is 6.54 Å². The standard InChI is InChI=1S/C24H20BrFN2O2/c1-29-20-11-3-16(4-12-20)15-28-23(25)22(17-5-9-19(26)10-6-17)27-24(28)18-7-13-21(30-2)14-8-18/h3-14H,15H2,1-2H3. The first-order chi connectivity index (χ1) is 14.6. The Morgan fingerprint density at radius 3 is 1.90 bits per heavy atom. The fourth-order valence-electron chi connectivity index (χ4n) is 3.24. The number of rotatable bonds is 6. The molecular weight excluding hydrogens is 447 g/mol. The molecule has 1 aromatic heterocycles. The average molecular weight is 467 g/mol. The zero-order chi connectivity index (χ0) is 21.1. The van der Waals surface area contributed by atoms with Crippen LogP contribution in [0.25, 0.3) is 22.6 Å². The van der Waals surface area contributed by atoms with Crippen molar-refractivity contribution in [1.29, 1.82) is 0 Å². The first-order valence-corrected chi connectivity index (χ1v) is 10.2. The Balaban J connectivity index is 1.80. The number of aromatic nitrogens is 2. The van der Waals surface area contributed by atoms with E-state index in [1.165, 1.54) is 12.1 Å². The number of methoxy groups -OCH3 is 2. The normalized spacial score (nSPS) is 10.8. The molecule has 0 saturated carbocycles. The molecule has 3 aromatic carbocycles. The maximum Gasteiger partial charge on any atom is 0.141 e. The minimum atomic E-state index is -0.275. The number of hydrogen-bond donors (Lipinski definition) is 0. The summed E-state index contributed by atoms with van der Waals surface area (Å²) < 4.78 is 26.9. The smallest absolute Gasteiger partial charge is 0.141 e. The van der Waals surface area contributed by atoms with Crippen LogP contribution in [0.15, 0.2) is 77.4 Å². The number of benzene rings is 3. The van der Waals surface area contributed by atoms with E-state index < -0.39 is 0 Å². The molecule has 0 fully saturated rings. The molecule has 0 N–H and O–H groups in total. The summed E-state index contributed by atoms with van der Waals surface area (Å²) in [7, 11) is 3.29. The molecule has 4 aromatic rings. The highest BCUT2D eigenvalue weighted by Crippen LogP contribution is 2.34. The lowest BCUT2D eigenvalue weighted by Gasteiger charge is -2.11. The van der Waals surface area contributed by atoms with Crippen molar-refractivity contribution in [3.63, 3.8) is 0 Å². The highest BCUT2D eigenvalue weighted by atomic mass is 79.9. The largest absolute Gasteiger partial charge is 0.497 e. The van der Waals surface area contributed by atoms with E-state index in [2.05, 4.69) is 20.5 Å². The number of hydrogen-bond acceptors (Lipinski definition) is 3. The molecule has 6 heteroatoms. The molecule has 30 heavy (non-hydrogen) atoms. The Hall–Kier alpha value is -3.12. The van der Waals surface area contributed by atoms with Crippen LogP contribution >= 0.6 is 15.9 Å². The van der Waals surface area contributed by atoms with E-state index in [-0.39, 0.29) is 5.82 Å². The Labute approximate surface area is 183 Å². The van der Waals surface area contributed by atoms with Crippen LogP contribution in [-0.4, -0.2) is 23.8 Å². The molecule has 0 radical (unpaired) electrons. The van der Waals surface area contributed by atoms with Gasteiger partial charge >= 0.3 is 0 Å². The zero-order valence-electron chi connectivity index (χ0n) is 16.6. The zero-order valence-corrected chi connectivity index (χ0v) is 18.2. The second kappa shape index (κ2) is 8.71. The molecule has 0 spiro atoms. The Kier molecular flexibility index (Phi) is 5.86. The van der Waals surface area contributed by atoms with Gasteiger partial charge in [0, 0.05) is 11.1 Å². The van der Waals surface area contributed by atoms with Gasteiger partial charge in [0.15, 0.2) is 0 Å². The Morgan fingerprint density at radius 1 is 0.800 bits per heavy atom. The van der Waals surface area contributed by atoms with E-state index in [4.69, 9.17) is 14.5 Å². The summed E-state index contributed by atoms with van der Waals surface area (Å²) in [4.78, 5) is 4.89. The van der Waals surface area contributed by atoms with Gasteiger partial charge in [0.1, 0.15) is 33.4 Å². The molecule has 0 aliphatic rings. The van der Waals surface area contributed by atoms with Crippen molar-refractivity contribution in [2.45, 2.75) is 6.54 Å². The molecule has 0 unspecified atom stereocenters. The molecule has 1 heterocycles. The third-order valence-electron chi connectivity index (χ3n) is 4.87. The molecule has 0 bridgehead atoms. The van der Waals surface area contributed by atoms with Gasteiger partial charge in [-0.05, 0) is 82.2 Å². The minimum absolute atomic E-state index is 0.275. The highest BCUT2D eigenvalue weighted by molar-refractivity contribution is 9.10. The summed E-state index contributed by atoms with van der Waals surface area (Å²) in [5, 5.41) is 0. The lowest BCUT2D eigenvalue weighted by atomic mass is 10.2. The van der Waals surface area contributed by atoms with Crippen LogP contribution in [-0.2, 0) is 6.54 Å². The van der Waals surface area contributed by atoms with Gasteiger partial charge in [0.2, 0.25) is 0 Å². The molecule has 0 amide bonds. The first-order valence-electron chi connectivity index (χ1n) is 9.38. The molecular formula is C24H20BrFN2O2. The number of ether oxygens (including phenoxy) is 2. The highest BCUT2D eigenvalue weighted by Gasteiger charge is 2.18. The van der Waals surface area contributed by atoms with Crippen molar-refractivity contribution in [2.24, 2.45) is 0 Å². The van der Waals surface area contributed by atoms with E-state index in [0.717, 1.165) is 44.3 Å². The van der Waals surface area contributed by atoms with Gasteiger partial charge < -0.3 is 14.0 Å². The maximum absolute atomic E-state index is 13.4. The minimum Gasteiger partial charge on any atom is -0.497 e.